The maximum atomic E-state index is 15.0. The van der Waals surface area contributed by atoms with Crippen LogP contribution in [0.5, 0.6) is 5.75 Å². The minimum absolute atomic E-state index is 0.0634. The third-order valence-electron chi connectivity index (χ3n) is 5.82. The highest BCUT2D eigenvalue weighted by Crippen LogP contribution is 2.34. The lowest BCUT2D eigenvalue weighted by atomic mass is 9.87. The van der Waals surface area contributed by atoms with Crippen molar-refractivity contribution in [3.8, 4) is 5.75 Å². The third-order valence-corrected chi connectivity index (χ3v) is 5.82. The second-order valence-electron chi connectivity index (χ2n) is 7.76. The molecule has 8 heteroatoms. The van der Waals surface area contributed by atoms with Crippen molar-refractivity contribution < 1.29 is 27.9 Å². The zero-order valence-corrected chi connectivity index (χ0v) is 16.3. The number of hydroxylamine groups is 2. The molecular weight excluding hydrogens is 397 g/mol. The van der Waals surface area contributed by atoms with E-state index in [9.17, 15) is 23.1 Å². The number of hydrogen-bond donors (Lipinski definition) is 1. The molecule has 2 aliphatic heterocycles. The molecule has 0 aromatic heterocycles. The molecule has 2 fully saturated rings. The molecular formula is C22H23F3N2O3. The van der Waals surface area contributed by atoms with Crippen LogP contribution in [-0.2, 0) is 16.2 Å². The van der Waals surface area contributed by atoms with E-state index in [1.54, 1.807) is 12.1 Å². The van der Waals surface area contributed by atoms with Crippen molar-refractivity contribution in [1.82, 2.24) is 9.96 Å². The van der Waals surface area contributed by atoms with Gasteiger partial charge in [-0.2, -0.15) is 0 Å². The van der Waals surface area contributed by atoms with Crippen molar-refractivity contribution in [2.75, 3.05) is 19.7 Å². The lowest BCUT2D eigenvalue weighted by Gasteiger charge is -2.42. The molecule has 3 unspecified atom stereocenters. The summed E-state index contributed by atoms with van der Waals surface area (Å²) in [4.78, 5) is 20.2. The SMILES string of the molecule is O=C1C(N2CCC(c3ccc(O)c(F)c3)C(F)C2)CCON1Cc1ccc(F)cc1. The van der Waals surface area contributed by atoms with Gasteiger partial charge >= 0.3 is 0 Å². The molecule has 4 rings (SSSR count). The van der Waals surface area contributed by atoms with Crippen LogP contribution in [0.4, 0.5) is 13.2 Å². The van der Waals surface area contributed by atoms with Crippen LogP contribution in [0.25, 0.3) is 0 Å². The van der Waals surface area contributed by atoms with Crippen molar-refractivity contribution in [3.63, 3.8) is 0 Å². The Hall–Kier alpha value is -2.58. The number of nitrogens with zero attached hydrogens (tertiary/aromatic N) is 2. The first kappa shape index (κ1) is 20.7. The van der Waals surface area contributed by atoms with Crippen LogP contribution in [-0.4, -0.2) is 52.9 Å². The molecule has 30 heavy (non-hydrogen) atoms. The van der Waals surface area contributed by atoms with E-state index in [2.05, 4.69) is 0 Å². The first-order valence-electron chi connectivity index (χ1n) is 9.97. The molecule has 2 saturated heterocycles. The van der Waals surface area contributed by atoms with Gasteiger partial charge in [0.2, 0.25) is 0 Å². The average molecular weight is 420 g/mol. The maximum Gasteiger partial charge on any atom is 0.263 e. The van der Waals surface area contributed by atoms with E-state index in [4.69, 9.17) is 4.84 Å². The van der Waals surface area contributed by atoms with E-state index in [1.165, 1.54) is 35.4 Å². The topological polar surface area (TPSA) is 53.0 Å². The summed E-state index contributed by atoms with van der Waals surface area (Å²) >= 11 is 0. The number of aromatic hydroxyl groups is 1. The smallest absolute Gasteiger partial charge is 0.263 e. The van der Waals surface area contributed by atoms with Gasteiger partial charge in [-0.15, -0.1) is 0 Å². The first-order valence-corrected chi connectivity index (χ1v) is 9.97. The van der Waals surface area contributed by atoms with Crippen molar-refractivity contribution in [3.05, 3.63) is 65.2 Å². The van der Waals surface area contributed by atoms with Gasteiger partial charge in [0.25, 0.3) is 5.91 Å². The van der Waals surface area contributed by atoms with Gasteiger partial charge in [0.15, 0.2) is 11.6 Å². The number of phenols is 1. The highest BCUT2D eigenvalue weighted by atomic mass is 19.1. The second-order valence-corrected chi connectivity index (χ2v) is 7.76. The molecule has 2 heterocycles. The van der Waals surface area contributed by atoms with Gasteiger partial charge in [-0.05, 0) is 54.8 Å². The van der Waals surface area contributed by atoms with Crippen molar-refractivity contribution in [1.29, 1.82) is 0 Å². The number of likely N-dealkylation sites (tertiary alicyclic amines) is 1. The Morgan fingerprint density at radius 1 is 1.10 bits per heavy atom. The Bertz CT molecular complexity index is 909. The van der Waals surface area contributed by atoms with Crippen LogP contribution < -0.4 is 0 Å². The Labute approximate surface area is 172 Å². The average Bonchev–Trinajstić information content (AvgIpc) is 2.73. The van der Waals surface area contributed by atoms with Crippen LogP contribution in [0.2, 0.25) is 0 Å². The van der Waals surface area contributed by atoms with Gasteiger partial charge in [0.05, 0.1) is 19.2 Å². The molecule has 1 N–H and O–H groups in total. The molecule has 0 aliphatic carbocycles. The van der Waals surface area contributed by atoms with Crippen LogP contribution >= 0.6 is 0 Å². The Morgan fingerprint density at radius 3 is 2.57 bits per heavy atom. The zero-order chi connectivity index (χ0) is 21.3. The normalized spacial score (nSPS) is 25.5. The molecule has 160 valence electrons. The van der Waals surface area contributed by atoms with E-state index in [0.717, 1.165) is 5.56 Å². The summed E-state index contributed by atoms with van der Waals surface area (Å²) in [5.74, 6) is -2.31. The van der Waals surface area contributed by atoms with E-state index in [1.807, 2.05) is 4.90 Å². The van der Waals surface area contributed by atoms with Gasteiger partial charge < -0.3 is 5.11 Å². The minimum Gasteiger partial charge on any atom is -0.505 e. The summed E-state index contributed by atoms with van der Waals surface area (Å²) in [5, 5.41) is 10.6. The van der Waals surface area contributed by atoms with Gasteiger partial charge in [-0.3, -0.25) is 14.5 Å². The number of carbonyl (C=O) groups is 1. The van der Waals surface area contributed by atoms with E-state index >= 15 is 0 Å². The van der Waals surface area contributed by atoms with Crippen molar-refractivity contribution in [2.45, 2.75) is 37.5 Å². The number of hydrogen-bond acceptors (Lipinski definition) is 4. The van der Waals surface area contributed by atoms with Gasteiger partial charge in [0.1, 0.15) is 12.0 Å². The Kier molecular flexibility index (Phi) is 5.97. The lowest BCUT2D eigenvalue weighted by molar-refractivity contribution is -0.212. The Morgan fingerprint density at radius 2 is 1.87 bits per heavy atom. The van der Waals surface area contributed by atoms with Gasteiger partial charge in [0, 0.05) is 12.5 Å². The summed E-state index contributed by atoms with van der Waals surface area (Å²) in [7, 11) is 0. The first-order chi connectivity index (χ1) is 14.4. The van der Waals surface area contributed by atoms with Crippen molar-refractivity contribution >= 4 is 5.91 Å². The van der Waals surface area contributed by atoms with Crippen LogP contribution in [0.15, 0.2) is 42.5 Å². The summed E-state index contributed by atoms with van der Waals surface area (Å²) < 4.78 is 41.7. The predicted molar refractivity (Wildman–Crippen MR) is 103 cm³/mol. The molecule has 0 spiro atoms. The molecule has 2 aliphatic rings. The van der Waals surface area contributed by atoms with Gasteiger partial charge in [-0.25, -0.2) is 18.2 Å². The monoisotopic (exact) mass is 420 g/mol. The molecule has 0 bridgehead atoms. The van der Waals surface area contributed by atoms with Gasteiger partial charge in [-0.1, -0.05) is 18.2 Å². The molecule has 3 atom stereocenters. The maximum absolute atomic E-state index is 15.0. The number of benzene rings is 2. The quantitative estimate of drug-likeness (QED) is 0.822. The fourth-order valence-corrected chi connectivity index (χ4v) is 4.19. The number of rotatable bonds is 4. The zero-order valence-electron chi connectivity index (χ0n) is 16.3. The van der Waals surface area contributed by atoms with Crippen molar-refractivity contribution in [2.24, 2.45) is 0 Å². The predicted octanol–water partition coefficient (Wildman–Crippen LogP) is 3.53. The molecule has 2 aromatic carbocycles. The molecule has 0 radical (unpaired) electrons. The summed E-state index contributed by atoms with van der Waals surface area (Å²) in [5.41, 5.74) is 1.25. The summed E-state index contributed by atoms with van der Waals surface area (Å²) in [6.07, 6.45) is -0.360. The minimum atomic E-state index is -1.26. The second kappa shape index (κ2) is 8.65. The highest BCUT2D eigenvalue weighted by Gasteiger charge is 2.39. The largest absolute Gasteiger partial charge is 0.505 e. The molecule has 1 amide bonds. The van der Waals surface area contributed by atoms with Crippen LogP contribution in [0.3, 0.4) is 0 Å². The fourth-order valence-electron chi connectivity index (χ4n) is 4.19. The lowest BCUT2D eigenvalue weighted by Crippen LogP contribution is -2.56. The van der Waals surface area contributed by atoms with E-state index in [-0.39, 0.29) is 24.8 Å². The molecule has 5 nitrogen and oxygen atoms in total. The van der Waals surface area contributed by atoms with E-state index in [0.29, 0.717) is 31.6 Å². The summed E-state index contributed by atoms with van der Waals surface area (Å²) in [6, 6.07) is 9.29. The standard InChI is InChI=1S/C22H23F3N2O3/c23-16-4-1-14(2-5-16)12-27-22(29)20(8-10-30-27)26-9-7-17(19(25)13-26)15-3-6-21(28)18(24)11-15/h1-6,11,17,19-20,28H,7-10,12-13H2. The summed E-state index contributed by atoms with van der Waals surface area (Å²) in [6.45, 7) is 1.08. The third kappa shape index (κ3) is 4.29. The highest BCUT2D eigenvalue weighted by molar-refractivity contribution is 5.81. The number of halogens is 3. The number of piperidine rings is 1. The molecule has 0 saturated carbocycles. The number of carbonyl (C=O) groups excluding carboxylic acids is 1. The number of amides is 1. The Balaban J connectivity index is 1.41. The number of alkyl halides is 1. The van der Waals surface area contributed by atoms with Crippen LogP contribution in [0.1, 0.15) is 29.9 Å². The van der Waals surface area contributed by atoms with Crippen LogP contribution in [0, 0.1) is 11.6 Å². The van der Waals surface area contributed by atoms with E-state index < -0.39 is 29.7 Å². The fraction of sp³-hybridized carbons (Fsp3) is 0.409. The molecule has 2 aromatic rings. The number of phenolic OH excluding ortho intramolecular Hbond substituents is 1.